The molecule has 1 aliphatic heterocycles. The van der Waals surface area contributed by atoms with Crippen molar-refractivity contribution in [3.8, 4) is 0 Å². The third kappa shape index (κ3) is 5.10. The van der Waals surface area contributed by atoms with E-state index in [1.807, 2.05) is 24.5 Å². The molecule has 0 aliphatic carbocycles. The highest BCUT2D eigenvalue weighted by Gasteiger charge is 2.29. The zero-order chi connectivity index (χ0) is 24.2. The van der Waals surface area contributed by atoms with Crippen LogP contribution in [0.15, 0.2) is 24.4 Å². The van der Waals surface area contributed by atoms with E-state index in [4.69, 9.17) is 14.5 Å². The molecule has 4 rings (SSSR count). The second-order valence-electron chi connectivity index (χ2n) is 8.72. The highest BCUT2D eigenvalue weighted by atomic mass is 32.1. The SMILES string of the molecule is CC[C@H](C)C(=O)Nc1c(C(=O)OC)n(C[C@H]2CCCO2)c2ncc(NCc3ccc(C)s3)cc12. The van der Waals surface area contributed by atoms with Crippen LogP contribution in [0.4, 0.5) is 11.4 Å². The van der Waals surface area contributed by atoms with Crippen molar-refractivity contribution >= 4 is 45.6 Å². The number of carbonyl (C=O) groups excluding carboxylic acids is 2. The van der Waals surface area contributed by atoms with E-state index in [0.717, 1.165) is 18.5 Å². The third-order valence-electron chi connectivity index (χ3n) is 6.26. The molecule has 1 amide bonds. The number of nitrogens with one attached hydrogen (secondary N) is 2. The number of methoxy groups -OCH3 is 1. The van der Waals surface area contributed by atoms with E-state index in [-0.39, 0.29) is 17.9 Å². The maximum absolute atomic E-state index is 12.9. The Kier molecular flexibility index (Phi) is 7.53. The van der Waals surface area contributed by atoms with Gasteiger partial charge in [-0.1, -0.05) is 13.8 Å². The number of pyridine rings is 1. The number of nitrogens with zero attached hydrogens (tertiary/aromatic N) is 2. The molecule has 0 aromatic carbocycles. The average molecular weight is 485 g/mol. The molecule has 1 aliphatic rings. The summed E-state index contributed by atoms with van der Waals surface area (Å²) in [6.07, 6.45) is 4.33. The first-order valence-corrected chi connectivity index (χ1v) is 12.5. The van der Waals surface area contributed by atoms with Crippen molar-refractivity contribution in [1.82, 2.24) is 9.55 Å². The van der Waals surface area contributed by atoms with Crippen molar-refractivity contribution < 1.29 is 19.1 Å². The van der Waals surface area contributed by atoms with Crippen molar-refractivity contribution in [3.05, 3.63) is 39.8 Å². The molecule has 1 fully saturated rings. The van der Waals surface area contributed by atoms with Gasteiger partial charge in [0.1, 0.15) is 5.65 Å². The molecule has 0 unspecified atom stereocenters. The summed E-state index contributed by atoms with van der Waals surface area (Å²) in [6.45, 7) is 7.75. The number of aromatic nitrogens is 2. The Morgan fingerprint density at radius 1 is 1.38 bits per heavy atom. The number of aryl methyl sites for hydroxylation is 1. The molecule has 182 valence electrons. The van der Waals surface area contributed by atoms with Gasteiger partial charge in [-0.3, -0.25) is 4.79 Å². The summed E-state index contributed by atoms with van der Waals surface area (Å²) >= 11 is 1.74. The Morgan fingerprint density at radius 3 is 2.85 bits per heavy atom. The smallest absolute Gasteiger partial charge is 0.356 e. The van der Waals surface area contributed by atoms with Crippen LogP contribution in [0.5, 0.6) is 0 Å². The molecular formula is C25H32N4O4S. The van der Waals surface area contributed by atoms with Gasteiger partial charge >= 0.3 is 5.97 Å². The Labute approximate surface area is 203 Å². The largest absolute Gasteiger partial charge is 0.464 e. The molecule has 3 aromatic rings. The van der Waals surface area contributed by atoms with Crippen LogP contribution in [0.3, 0.4) is 0 Å². The van der Waals surface area contributed by atoms with Gasteiger partial charge in [0.15, 0.2) is 5.69 Å². The number of anilines is 2. The van der Waals surface area contributed by atoms with Crippen molar-refractivity contribution in [2.45, 2.75) is 59.2 Å². The number of esters is 1. The standard InChI is InChI=1S/C25H32N4O4S/c1-5-15(2)24(30)28-21-20-11-17(26-13-19-9-8-16(3)34-19)12-27-23(20)29(22(21)25(31)32-4)14-18-7-6-10-33-18/h8-9,11-12,15,18,26H,5-7,10,13-14H2,1-4H3,(H,28,30)/t15-,18+/m0/s1. The molecule has 9 heteroatoms. The molecule has 4 heterocycles. The van der Waals surface area contributed by atoms with Crippen LogP contribution in [0.25, 0.3) is 11.0 Å². The van der Waals surface area contributed by atoms with E-state index >= 15 is 0 Å². The molecule has 2 N–H and O–H groups in total. The maximum Gasteiger partial charge on any atom is 0.356 e. The van der Waals surface area contributed by atoms with Gasteiger partial charge in [0, 0.05) is 34.2 Å². The fourth-order valence-corrected chi connectivity index (χ4v) is 4.96. The predicted molar refractivity (Wildman–Crippen MR) is 135 cm³/mol. The van der Waals surface area contributed by atoms with Gasteiger partial charge in [0.2, 0.25) is 5.91 Å². The fraction of sp³-hybridized carbons (Fsp3) is 0.480. The number of fused-ring (bicyclic) bond motifs is 1. The minimum absolute atomic E-state index is 0.0150. The summed E-state index contributed by atoms with van der Waals surface area (Å²) in [4.78, 5) is 33.0. The van der Waals surface area contributed by atoms with Crippen LogP contribution in [-0.4, -0.2) is 41.2 Å². The highest BCUT2D eigenvalue weighted by Crippen LogP contribution is 2.34. The molecule has 0 spiro atoms. The lowest BCUT2D eigenvalue weighted by Crippen LogP contribution is -2.23. The quantitative estimate of drug-likeness (QED) is 0.417. The molecule has 8 nitrogen and oxygen atoms in total. The van der Waals surface area contributed by atoms with Crippen LogP contribution in [-0.2, 0) is 27.4 Å². The fourth-order valence-electron chi connectivity index (χ4n) is 4.13. The van der Waals surface area contributed by atoms with Gasteiger partial charge in [-0.05, 0) is 44.4 Å². The summed E-state index contributed by atoms with van der Waals surface area (Å²) in [5.41, 5.74) is 2.16. The number of carbonyl (C=O) groups is 2. The first-order chi connectivity index (χ1) is 16.4. The number of amides is 1. The van der Waals surface area contributed by atoms with Crippen LogP contribution >= 0.6 is 11.3 Å². The summed E-state index contributed by atoms with van der Waals surface area (Å²) in [5.74, 6) is -0.853. The monoisotopic (exact) mass is 484 g/mol. The van der Waals surface area contributed by atoms with Crippen molar-refractivity contribution in [2.24, 2.45) is 5.92 Å². The second-order valence-corrected chi connectivity index (χ2v) is 10.1. The minimum atomic E-state index is -0.515. The first-order valence-electron chi connectivity index (χ1n) is 11.7. The molecular weight excluding hydrogens is 452 g/mol. The number of hydrogen-bond acceptors (Lipinski definition) is 7. The van der Waals surface area contributed by atoms with Crippen LogP contribution in [0.2, 0.25) is 0 Å². The van der Waals surface area contributed by atoms with E-state index in [1.54, 1.807) is 17.5 Å². The molecule has 2 atom stereocenters. The van der Waals surface area contributed by atoms with Gasteiger partial charge < -0.3 is 24.7 Å². The van der Waals surface area contributed by atoms with Crippen molar-refractivity contribution in [3.63, 3.8) is 0 Å². The van der Waals surface area contributed by atoms with Crippen LogP contribution in [0.1, 0.15) is 53.4 Å². The van der Waals surface area contributed by atoms with E-state index in [9.17, 15) is 9.59 Å². The lowest BCUT2D eigenvalue weighted by atomic mass is 10.1. The van der Waals surface area contributed by atoms with Gasteiger partial charge in [0.25, 0.3) is 0 Å². The summed E-state index contributed by atoms with van der Waals surface area (Å²) < 4.78 is 12.8. The Morgan fingerprint density at radius 2 is 2.21 bits per heavy atom. The lowest BCUT2D eigenvalue weighted by molar-refractivity contribution is -0.119. The summed E-state index contributed by atoms with van der Waals surface area (Å²) in [7, 11) is 1.35. The molecule has 1 saturated heterocycles. The zero-order valence-electron chi connectivity index (χ0n) is 20.1. The first kappa shape index (κ1) is 24.2. The average Bonchev–Trinajstić information content (AvgIpc) is 3.57. The van der Waals surface area contributed by atoms with E-state index in [1.165, 1.54) is 16.9 Å². The van der Waals surface area contributed by atoms with Crippen LogP contribution in [0, 0.1) is 12.8 Å². The Hall–Kier alpha value is -2.91. The molecule has 0 bridgehead atoms. The predicted octanol–water partition coefficient (Wildman–Crippen LogP) is 4.97. The molecule has 3 aromatic heterocycles. The Balaban J connectivity index is 1.77. The van der Waals surface area contributed by atoms with Gasteiger partial charge in [-0.25, -0.2) is 9.78 Å². The normalized spacial score (nSPS) is 16.5. The number of ether oxygens (including phenoxy) is 2. The highest BCUT2D eigenvalue weighted by molar-refractivity contribution is 7.11. The maximum atomic E-state index is 12.9. The molecule has 34 heavy (non-hydrogen) atoms. The van der Waals surface area contributed by atoms with Gasteiger partial charge in [0.05, 0.1) is 37.3 Å². The summed E-state index contributed by atoms with van der Waals surface area (Å²) in [5, 5.41) is 7.11. The van der Waals surface area contributed by atoms with E-state index in [2.05, 4.69) is 29.7 Å². The Bertz CT molecular complexity index is 1180. The van der Waals surface area contributed by atoms with E-state index < -0.39 is 5.97 Å². The second kappa shape index (κ2) is 10.6. The number of hydrogen-bond donors (Lipinski definition) is 2. The topological polar surface area (TPSA) is 94.5 Å². The van der Waals surface area contributed by atoms with Crippen molar-refractivity contribution in [2.75, 3.05) is 24.4 Å². The zero-order valence-corrected chi connectivity index (χ0v) is 21.0. The van der Waals surface area contributed by atoms with E-state index in [0.29, 0.717) is 48.5 Å². The number of thiophene rings is 1. The van der Waals surface area contributed by atoms with Crippen molar-refractivity contribution in [1.29, 1.82) is 0 Å². The molecule has 0 radical (unpaired) electrons. The number of rotatable bonds is 9. The van der Waals surface area contributed by atoms with Gasteiger partial charge in [-0.2, -0.15) is 0 Å². The van der Waals surface area contributed by atoms with Gasteiger partial charge in [-0.15, -0.1) is 11.3 Å². The van der Waals surface area contributed by atoms with Crippen LogP contribution < -0.4 is 10.6 Å². The molecule has 0 saturated carbocycles. The third-order valence-corrected chi connectivity index (χ3v) is 7.26. The minimum Gasteiger partial charge on any atom is -0.464 e. The summed E-state index contributed by atoms with van der Waals surface area (Å²) in [6, 6.07) is 6.14. The lowest BCUT2D eigenvalue weighted by Gasteiger charge is -2.15.